The maximum atomic E-state index is 12.3. The molecule has 2 atom stereocenters. The molecule has 2 N–H and O–H groups in total. The number of piperidine rings is 1. The van der Waals surface area contributed by atoms with Crippen molar-refractivity contribution >= 4 is 30.7 Å². The van der Waals surface area contributed by atoms with Crippen LogP contribution >= 0.6 is 24.8 Å². The van der Waals surface area contributed by atoms with E-state index < -0.39 is 0 Å². The summed E-state index contributed by atoms with van der Waals surface area (Å²) in [6.45, 7) is 8.77. The van der Waals surface area contributed by atoms with Crippen molar-refractivity contribution in [3.8, 4) is 0 Å². The van der Waals surface area contributed by atoms with Crippen LogP contribution in [0, 0.1) is 0 Å². The molecule has 1 amide bonds. The van der Waals surface area contributed by atoms with E-state index in [0.29, 0.717) is 12.6 Å². The summed E-state index contributed by atoms with van der Waals surface area (Å²) in [7, 11) is 0. The van der Waals surface area contributed by atoms with E-state index in [1.54, 1.807) is 0 Å². The molecule has 2 heterocycles. The Balaban J connectivity index is 0.00000169. The highest BCUT2D eigenvalue weighted by Gasteiger charge is 2.24. The number of amides is 1. The van der Waals surface area contributed by atoms with Crippen LogP contribution in [-0.4, -0.2) is 67.1 Å². The van der Waals surface area contributed by atoms with Gasteiger partial charge < -0.3 is 10.6 Å². The molecule has 2 saturated heterocycles. The van der Waals surface area contributed by atoms with E-state index >= 15 is 0 Å². The Bertz CT molecular complexity index is 524. The molecule has 0 aliphatic carbocycles. The Labute approximate surface area is 169 Å². The van der Waals surface area contributed by atoms with Gasteiger partial charge in [0.25, 0.3) is 0 Å². The van der Waals surface area contributed by atoms with Gasteiger partial charge in [-0.15, -0.1) is 24.8 Å². The van der Waals surface area contributed by atoms with Gasteiger partial charge in [0.15, 0.2) is 0 Å². The summed E-state index contributed by atoms with van der Waals surface area (Å²) in [5, 5.41) is 6.65. The first-order valence-electron chi connectivity index (χ1n) is 9.22. The normalized spacial score (nSPS) is 24.2. The Morgan fingerprint density at radius 1 is 1.12 bits per heavy atom. The standard InChI is InChI=1S/C19H30N4O.2ClH/c1-16-18(8-5-9-20-16)21-19(24)15-23-12-10-22(11-13-23)14-17-6-3-2-4-7-17;;/h2-4,6-7,16,18,20H,5,8-15H2,1H3,(H,21,24);2*1H. The van der Waals surface area contributed by atoms with Crippen molar-refractivity contribution in [3.05, 3.63) is 35.9 Å². The topological polar surface area (TPSA) is 47.6 Å². The lowest BCUT2D eigenvalue weighted by Crippen LogP contribution is -2.55. The molecule has 3 rings (SSSR count). The van der Waals surface area contributed by atoms with Crippen LogP contribution in [0.4, 0.5) is 0 Å². The molecule has 0 radical (unpaired) electrons. The number of carbonyl (C=O) groups excluding carboxylic acids is 1. The van der Waals surface area contributed by atoms with Crippen LogP contribution in [0.5, 0.6) is 0 Å². The summed E-state index contributed by atoms with van der Waals surface area (Å²) >= 11 is 0. The fraction of sp³-hybridized carbons (Fsp3) is 0.632. The number of hydrogen-bond acceptors (Lipinski definition) is 4. The summed E-state index contributed by atoms with van der Waals surface area (Å²) in [6, 6.07) is 11.3. The van der Waals surface area contributed by atoms with Crippen LogP contribution in [0.25, 0.3) is 0 Å². The molecule has 26 heavy (non-hydrogen) atoms. The molecule has 2 fully saturated rings. The molecule has 1 aromatic carbocycles. The smallest absolute Gasteiger partial charge is 0.234 e. The van der Waals surface area contributed by atoms with Crippen molar-refractivity contribution < 1.29 is 4.79 Å². The first-order valence-corrected chi connectivity index (χ1v) is 9.22. The molecule has 2 unspecified atom stereocenters. The average Bonchev–Trinajstić information content (AvgIpc) is 2.60. The second kappa shape index (κ2) is 11.8. The predicted octanol–water partition coefficient (Wildman–Crippen LogP) is 1.90. The zero-order chi connectivity index (χ0) is 16.8. The van der Waals surface area contributed by atoms with Gasteiger partial charge in [-0.25, -0.2) is 0 Å². The number of rotatable bonds is 5. The summed E-state index contributed by atoms with van der Waals surface area (Å²) in [5.41, 5.74) is 1.36. The van der Waals surface area contributed by atoms with Crippen molar-refractivity contribution in [2.45, 2.75) is 38.4 Å². The molecule has 0 aromatic heterocycles. The van der Waals surface area contributed by atoms with Crippen molar-refractivity contribution in [2.24, 2.45) is 0 Å². The maximum absolute atomic E-state index is 12.3. The minimum atomic E-state index is 0. The Kier molecular flexibility index (Phi) is 10.5. The number of nitrogens with one attached hydrogen (secondary N) is 2. The third-order valence-corrected chi connectivity index (χ3v) is 5.19. The SMILES string of the molecule is CC1NCCCC1NC(=O)CN1CCN(Cc2ccccc2)CC1.Cl.Cl. The third-order valence-electron chi connectivity index (χ3n) is 5.19. The third kappa shape index (κ3) is 7.05. The second-order valence-electron chi connectivity index (χ2n) is 7.10. The summed E-state index contributed by atoms with van der Waals surface area (Å²) < 4.78 is 0. The molecule has 2 aliphatic heterocycles. The van der Waals surface area contributed by atoms with Gasteiger partial charge in [-0.1, -0.05) is 30.3 Å². The first-order chi connectivity index (χ1) is 11.7. The molecule has 148 valence electrons. The minimum Gasteiger partial charge on any atom is -0.351 e. The van der Waals surface area contributed by atoms with Crippen molar-refractivity contribution in [3.63, 3.8) is 0 Å². The van der Waals surface area contributed by atoms with Gasteiger partial charge in [-0.3, -0.25) is 14.6 Å². The molecular formula is C19H32Cl2N4O. The predicted molar refractivity (Wildman–Crippen MR) is 111 cm³/mol. The number of benzene rings is 1. The van der Waals surface area contributed by atoms with E-state index in [2.05, 4.69) is 57.7 Å². The van der Waals surface area contributed by atoms with Crippen LogP contribution in [0.3, 0.4) is 0 Å². The quantitative estimate of drug-likeness (QED) is 0.789. The monoisotopic (exact) mass is 402 g/mol. The van der Waals surface area contributed by atoms with Gasteiger partial charge in [0.05, 0.1) is 6.54 Å². The van der Waals surface area contributed by atoms with Gasteiger partial charge in [0, 0.05) is 44.8 Å². The van der Waals surface area contributed by atoms with Crippen LogP contribution in [-0.2, 0) is 11.3 Å². The lowest BCUT2D eigenvalue weighted by molar-refractivity contribution is -0.123. The van der Waals surface area contributed by atoms with E-state index in [1.165, 1.54) is 5.56 Å². The van der Waals surface area contributed by atoms with E-state index in [1.807, 2.05) is 0 Å². The summed E-state index contributed by atoms with van der Waals surface area (Å²) in [4.78, 5) is 17.0. The molecule has 2 aliphatic rings. The van der Waals surface area contributed by atoms with E-state index in [4.69, 9.17) is 0 Å². The Hall–Kier alpha value is -0.850. The lowest BCUT2D eigenvalue weighted by Gasteiger charge is -2.35. The largest absolute Gasteiger partial charge is 0.351 e. The molecule has 7 heteroatoms. The molecular weight excluding hydrogens is 371 g/mol. The van der Waals surface area contributed by atoms with Crippen molar-refractivity contribution in [1.82, 2.24) is 20.4 Å². The number of carbonyl (C=O) groups is 1. The van der Waals surface area contributed by atoms with Crippen LogP contribution < -0.4 is 10.6 Å². The van der Waals surface area contributed by atoms with Gasteiger partial charge >= 0.3 is 0 Å². The number of nitrogens with zero attached hydrogens (tertiary/aromatic N) is 2. The zero-order valence-electron chi connectivity index (χ0n) is 15.5. The average molecular weight is 403 g/mol. The Morgan fingerprint density at radius 3 is 2.42 bits per heavy atom. The highest BCUT2D eigenvalue weighted by atomic mass is 35.5. The molecule has 0 spiro atoms. The van der Waals surface area contributed by atoms with Crippen LogP contribution in [0.2, 0.25) is 0 Å². The van der Waals surface area contributed by atoms with Crippen molar-refractivity contribution in [1.29, 1.82) is 0 Å². The van der Waals surface area contributed by atoms with Gasteiger partial charge in [-0.2, -0.15) is 0 Å². The lowest BCUT2D eigenvalue weighted by atomic mass is 10.00. The molecule has 5 nitrogen and oxygen atoms in total. The fourth-order valence-electron chi connectivity index (χ4n) is 3.64. The fourth-order valence-corrected chi connectivity index (χ4v) is 3.64. The van der Waals surface area contributed by atoms with Crippen molar-refractivity contribution in [2.75, 3.05) is 39.3 Å². The number of piperazine rings is 1. The number of hydrogen-bond donors (Lipinski definition) is 2. The highest BCUT2D eigenvalue weighted by Crippen LogP contribution is 2.10. The van der Waals surface area contributed by atoms with Gasteiger partial charge in [-0.05, 0) is 31.9 Å². The van der Waals surface area contributed by atoms with E-state index in [0.717, 1.165) is 52.1 Å². The zero-order valence-corrected chi connectivity index (χ0v) is 17.2. The molecule has 0 saturated carbocycles. The Morgan fingerprint density at radius 2 is 1.77 bits per heavy atom. The van der Waals surface area contributed by atoms with Gasteiger partial charge in [0.2, 0.25) is 5.91 Å². The second-order valence-corrected chi connectivity index (χ2v) is 7.10. The van der Waals surface area contributed by atoms with Crippen LogP contribution in [0.1, 0.15) is 25.3 Å². The first kappa shape index (κ1) is 23.2. The number of halogens is 2. The van der Waals surface area contributed by atoms with Crippen LogP contribution in [0.15, 0.2) is 30.3 Å². The van der Waals surface area contributed by atoms with E-state index in [-0.39, 0.29) is 36.8 Å². The summed E-state index contributed by atoms with van der Waals surface area (Å²) in [5.74, 6) is 0.173. The van der Waals surface area contributed by atoms with Gasteiger partial charge in [0.1, 0.15) is 0 Å². The minimum absolute atomic E-state index is 0. The van der Waals surface area contributed by atoms with E-state index in [9.17, 15) is 4.79 Å². The highest BCUT2D eigenvalue weighted by molar-refractivity contribution is 5.85. The maximum Gasteiger partial charge on any atom is 0.234 e. The summed E-state index contributed by atoms with van der Waals surface area (Å²) in [6.07, 6.45) is 2.23. The molecule has 1 aromatic rings. The molecule has 0 bridgehead atoms.